The molecule has 2 nitrogen and oxygen atoms in total. The Bertz CT molecular complexity index is 89.1. The van der Waals surface area contributed by atoms with Gasteiger partial charge in [0.05, 0.1) is 4.87 Å². The van der Waals surface area contributed by atoms with E-state index in [1.807, 2.05) is 11.8 Å². The van der Waals surface area contributed by atoms with Crippen LogP contribution in [-0.2, 0) is 0 Å². The smallest absolute Gasteiger partial charge is 0.0744 e. The van der Waals surface area contributed by atoms with Crippen molar-refractivity contribution in [3.63, 3.8) is 0 Å². The third-order valence-corrected chi connectivity index (χ3v) is 3.11. The molecule has 3 heteroatoms. The highest BCUT2D eigenvalue weighted by molar-refractivity contribution is 8.00. The van der Waals surface area contributed by atoms with Crippen molar-refractivity contribution in [3.05, 3.63) is 0 Å². The number of nitrogens with two attached hydrogens (primary N) is 1. The molecule has 1 rings (SSSR count). The van der Waals surface area contributed by atoms with Gasteiger partial charge in [-0.05, 0) is 6.42 Å². The van der Waals surface area contributed by atoms with Gasteiger partial charge in [0, 0.05) is 18.8 Å². The number of rotatable bonds is 1. The highest BCUT2D eigenvalue weighted by Crippen LogP contribution is 2.24. The van der Waals surface area contributed by atoms with Crippen LogP contribution in [0.3, 0.4) is 0 Å². The van der Waals surface area contributed by atoms with Crippen LogP contribution in [0, 0.1) is 0 Å². The molecule has 1 unspecified atom stereocenters. The molecule has 0 bridgehead atoms. The molecule has 1 aliphatic rings. The van der Waals surface area contributed by atoms with Gasteiger partial charge in [0.2, 0.25) is 0 Å². The SMILES string of the molecule is CCC1(N)CNCCS1. The quantitative estimate of drug-likeness (QED) is 0.562. The van der Waals surface area contributed by atoms with Crippen LogP contribution in [0.4, 0.5) is 0 Å². The van der Waals surface area contributed by atoms with E-state index < -0.39 is 0 Å². The summed E-state index contributed by atoms with van der Waals surface area (Å²) < 4.78 is 0. The van der Waals surface area contributed by atoms with E-state index in [0.717, 1.165) is 25.3 Å². The number of thioether (sulfide) groups is 1. The van der Waals surface area contributed by atoms with E-state index in [0.29, 0.717) is 0 Å². The molecule has 0 amide bonds. The molecule has 0 radical (unpaired) electrons. The summed E-state index contributed by atoms with van der Waals surface area (Å²) in [6, 6.07) is 0. The van der Waals surface area contributed by atoms with Crippen LogP contribution in [0.1, 0.15) is 13.3 Å². The second-order valence-electron chi connectivity index (χ2n) is 2.44. The van der Waals surface area contributed by atoms with Gasteiger partial charge in [-0.1, -0.05) is 6.92 Å². The van der Waals surface area contributed by atoms with Crippen molar-refractivity contribution < 1.29 is 0 Å². The van der Waals surface area contributed by atoms with Gasteiger partial charge in [-0.3, -0.25) is 0 Å². The molecule has 1 saturated heterocycles. The van der Waals surface area contributed by atoms with E-state index in [1.165, 1.54) is 0 Å². The van der Waals surface area contributed by atoms with Crippen molar-refractivity contribution in [3.8, 4) is 0 Å². The molecule has 1 aliphatic heterocycles. The highest BCUT2D eigenvalue weighted by Gasteiger charge is 2.25. The third-order valence-electron chi connectivity index (χ3n) is 1.69. The van der Waals surface area contributed by atoms with Crippen LogP contribution in [0.25, 0.3) is 0 Å². The van der Waals surface area contributed by atoms with Crippen LogP contribution in [0.2, 0.25) is 0 Å². The Morgan fingerprint density at radius 3 is 2.89 bits per heavy atom. The van der Waals surface area contributed by atoms with Gasteiger partial charge in [-0.15, -0.1) is 11.8 Å². The predicted octanol–water partition coefficient (Wildman–Crippen LogP) is 0.388. The Labute approximate surface area is 60.6 Å². The van der Waals surface area contributed by atoms with Gasteiger partial charge >= 0.3 is 0 Å². The zero-order valence-corrected chi connectivity index (χ0v) is 6.63. The summed E-state index contributed by atoms with van der Waals surface area (Å²) in [4.78, 5) is 0.0260. The zero-order valence-electron chi connectivity index (χ0n) is 5.81. The topological polar surface area (TPSA) is 38.0 Å². The van der Waals surface area contributed by atoms with E-state index in [1.54, 1.807) is 0 Å². The molecule has 0 aliphatic carbocycles. The fraction of sp³-hybridized carbons (Fsp3) is 1.00. The summed E-state index contributed by atoms with van der Waals surface area (Å²) in [6.45, 7) is 4.22. The van der Waals surface area contributed by atoms with E-state index in [9.17, 15) is 0 Å². The average Bonchev–Trinajstić information content (AvgIpc) is 1.90. The van der Waals surface area contributed by atoms with Crippen LogP contribution in [0.5, 0.6) is 0 Å². The zero-order chi connectivity index (χ0) is 6.74. The fourth-order valence-electron chi connectivity index (χ4n) is 0.905. The third kappa shape index (κ3) is 1.85. The molecule has 0 aromatic carbocycles. The highest BCUT2D eigenvalue weighted by atomic mass is 32.2. The molecular formula is C6H14N2S. The maximum absolute atomic E-state index is 5.96. The molecule has 1 atom stereocenters. The Morgan fingerprint density at radius 2 is 2.56 bits per heavy atom. The van der Waals surface area contributed by atoms with E-state index in [2.05, 4.69) is 12.2 Å². The lowest BCUT2D eigenvalue weighted by Crippen LogP contribution is -2.49. The average molecular weight is 146 g/mol. The summed E-state index contributed by atoms with van der Waals surface area (Å²) in [7, 11) is 0. The molecule has 1 heterocycles. The minimum absolute atomic E-state index is 0.0260. The van der Waals surface area contributed by atoms with Crippen LogP contribution < -0.4 is 11.1 Å². The maximum atomic E-state index is 5.96. The maximum Gasteiger partial charge on any atom is 0.0744 e. The monoisotopic (exact) mass is 146 g/mol. The largest absolute Gasteiger partial charge is 0.316 e. The summed E-state index contributed by atoms with van der Waals surface area (Å²) in [5.41, 5.74) is 5.96. The second-order valence-corrected chi connectivity index (χ2v) is 3.95. The van der Waals surface area contributed by atoms with Crippen LogP contribution in [-0.4, -0.2) is 23.7 Å². The first kappa shape index (κ1) is 7.38. The predicted molar refractivity (Wildman–Crippen MR) is 42.5 cm³/mol. The van der Waals surface area contributed by atoms with Gasteiger partial charge in [0.25, 0.3) is 0 Å². The molecule has 0 aromatic heterocycles. The standard InChI is InChI=1S/C6H14N2S/c1-2-6(7)5-8-3-4-9-6/h8H,2-5,7H2,1H3. The lowest BCUT2D eigenvalue weighted by molar-refractivity contribution is 0.517. The number of hydrogen-bond donors (Lipinski definition) is 2. The summed E-state index contributed by atoms with van der Waals surface area (Å²) in [5.74, 6) is 1.16. The first-order chi connectivity index (χ1) is 4.27. The van der Waals surface area contributed by atoms with Crippen molar-refractivity contribution >= 4 is 11.8 Å². The van der Waals surface area contributed by atoms with E-state index >= 15 is 0 Å². The Balaban J connectivity index is 2.37. The van der Waals surface area contributed by atoms with Crippen LogP contribution in [0.15, 0.2) is 0 Å². The van der Waals surface area contributed by atoms with Crippen molar-refractivity contribution in [1.29, 1.82) is 0 Å². The molecule has 9 heavy (non-hydrogen) atoms. The summed E-state index contributed by atoms with van der Waals surface area (Å²) >= 11 is 1.88. The molecule has 0 spiro atoms. The van der Waals surface area contributed by atoms with Crippen molar-refractivity contribution in [2.45, 2.75) is 18.2 Å². The van der Waals surface area contributed by atoms with Gasteiger partial charge in [0.1, 0.15) is 0 Å². The minimum atomic E-state index is 0.0260. The first-order valence-corrected chi connectivity index (χ1v) is 4.39. The Kier molecular flexibility index (Phi) is 2.38. The first-order valence-electron chi connectivity index (χ1n) is 3.40. The van der Waals surface area contributed by atoms with Crippen molar-refractivity contribution in [2.75, 3.05) is 18.8 Å². The Hall–Kier alpha value is 0.270. The molecule has 0 saturated carbocycles. The Morgan fingerprint density at radius 1 is 1.78 bits per heavy atom. The fourth-order valence-corrected chi connectivity index (χ4v) is 1.97. The van der Waals surface area contributed by atoms with Crippen molar-refractivity contribution in [1.82, 2.24) is 5.32 Å². The lowest BCUT2D eigenvalue weighted by atomic mass is 10.2. The molecule has 1 fully saturated rings. The van der Waals surface area contributed by atoms with E-state index in [4.69, 9.17) is 5.73 Å². The van der Waals surface area contributed by atoms with Crippen LogP contribution >= 0.6 is 11.8 Å². The van der Waals surface area contributed by atoms with Gasteiger partial charge < -0.3 is 11.1 Å². The number of hydrogen-bond acceptors (Lipinski definition) is 3. The molecular weight excluding hydrogens is 132 g/mol. The minimum Gasteiger partial charge on any atom is -0.316 e. The summed E-state index contributed by atoms with van der Waals surface area (Å²) in [6.07, 6.45) is 1.06. The van der Waals surface area contributed by atoms with E-state index in [-0.39, 0.29) is 4.87 Å². The summed E-state index contributed by atoms with van der Waals surface area (Å²) in [5, 5.41) is 3.28. The lowest BCUT2D eigenvalue weighted by Gasteiger charge is -2.31. The van der Waals surface area contributed by atoms with Gasteiger partial charge in [-0.25, -0.2) is 0 Å². The normalized spacial score (nSPS) is 36.7. The molecule has 54 valence electrons. The second kappa shape index (κ2) is 2.90. The van der Waals surface area contributed by atoms with Gasteiger partial charge in [0.15, 0.2) is 0 Å². The molecule has 0 aromatic rings. The number of nitrogens with one attached hydrogen (secondary N) is 1. The molecule has 3 N–H and O–H groups in total. The van der Waals surface area contributed by atoms with Crippen molar-refractivity contribution in [2.24, 2.45) is 5.73 Å². The van der Waals surface area contributed by atoms with Gasteiger partial charge in [-0.2, -0.15) is 0 Å².